The van der Waals surface area contributed by atoms with Gasteiger partial charge >= 0.3 is 0 Å². The van der Waals surface area contributed by atoms with E-state index in [0.29, 0.717) is 20.1 Å². The minimum absolute atomic E-state index is 0.0444. The normalized spacial score (nSPS) is 10.7. The Labute approximate surface area is 182 Å². The monoisotopic (exact) mass is 474 g/mol. The lowest BCUT2D eigenvalue weighted by molar-refractivity contribution is -0.384. The molecule has 7 nitrogen and oxygen atoms in total. The van der Waals surface area contributed by atoms with Gasteiger partial charge in [-0.15, -0.1) is 10.2 Å². The van der Waals surface area contributed by atoms with E-state index in [0.717, 1.165) is 11.6 Å². The Balaban J connectivity index is 1.65. The number of carbonyl (C=O) groups excluding carboxylic acids is 1. The maximum atomic E-state index is 12.3. The van der Waals surface area contributed by atoms with E-state index in [1.165, 1.54) is 35.2 Å². The zero-order valence-corrected chi connectivity index (χ0v) is 17.6. The van der Waals surface area contributed by atoms with Gasteiger partial charge in [0.25, 0.3) is 11.6 Å². The largest absolute Gasteiger partial charge is 0.296 e. The van der Waals surface area contributed by atoms with Crippen LogP contribution in [0.2, 0.25) is 15.1 Å². The predicted molar refractivity (Wildman–Crippen MR) is 112 cm³/mol. The topological polar surface area (TPSA) is 98.0 Å². The minimum Gasteiger partial charge on any atom is -0.296 e. The second-order valence-electron chi connectivity index (χ2n) is 5.27. The van der Waals surface area contributed by atoms with Crippen LogP contribution in [0.1, 0.15) is 15.9 Å². The molecule has 0 radical (unpaired) electrons. The van der Waals surface area contributed by atoms with Crippen LogP contribution in [0.4, 0.5) is 10.8 Å². The van der Waals surface area contributed by atoms with Gasteiger partial charge in [-0.1, -0.05) is 64.0 Å². The predicted octanol–water partition coefficient (Wildman–Crippen LogP) is 5.95. The summed E-state index contributed by atoms with van der Waals surface area (Å²) in [6.45, 7) is 0. The smallest absolute Gasteiger partial charge is 0.288 e. The van der Waals surface area contributed by atoms with Gasteiger partial charge in [0.15, 0.2) is 4.34 Å². The molecule has 0 spiro atoms. The molecule has 1 heterocycles. The van der Waals surface area contributed by atoms with Crippen molar-refractivity contribution in [3.63, 3.8) is 0 Å². The molecule has 0 bridgehead atoms. The van der Waals surface area contributed by atoms with Crippen molar-refractivity contribution in [2.24, 2.45) is 0 Å². The van der Waals surface area contributed by atoms with Crippen LogP contribution in [0.3, 0.4) is 0 Å². The van der Waals surface area contributed by atoms with E-state index in [1.54, 1.807) is 12.1 Å². The van der Waals surface area contributed by atoms with Gasteiger partial charge in [0.2, 0.25) is 5.13 Å². The van der Waals surface area contributed by atoms with Crippen molar-refractivity contribution in [2.45, 2.75) is 10.1 Å². The lowest BCUT2D eigenvalue weighted by Crippen LogP contribution is -2.12. The number of rotatable bonds is 6. The molecule has 0 fully saturated rings. The number of hydrogen-bond donors (Lipinski definition) is 1. The molecular formula is C16H9Cl3N4O3S2. The SMILES string of the molecule is O=C(Nc1nnc(SCc2ccc(Cl)cc2Cl)s1)c1ccc(Cl)c([N+](=O)[O-])c1. The highest BCUT2D eigenvalue weighted by atomic mass is 35.5. The van der Waals surface area contributed by atoms with Crippen LogP contribution in [-0.4, -0.2) is 21.0 Å². The Bertz CT molecular complexity index is 1060. The van der Waals surface area contributed by atoms with Crippen LogP contribution in [0.15, 0.2) is 40.7 Å². The Kier molecular flexibility index (Phi) is 6.73. The minimum atomic E-state index is -0.652. The average Bonchev–Trinajstić information content (AvgIpc) is 3.08. The summed E-state index contributed by atoms with van der Waals surface area (Å²) in [4.78, 5) is 22.6. The van der Waals surface area contributed by atoms with Crippen molar-refractivity contribution in [3.05, 3.63) is 72.7 Å². The van der Waals surface area contributed by atoms with Gasteiger partial charge in [-0.3, -0.25) is 20.2 Å². The van der Waals surface area contributed by atoms with Gasteiger partial charge in [0, 0.05) is 27.4 Å². The van der Waals surface area contributed by atoms with Crippen LogP contribution in [0, 0.1) is 10.1 Å². The molecule has 12 heteroatoms. The van der Waals surface area contributed by atoms with E-state index in [1.807, 2.05) is 6.07 Å². The van der Waals surface area contributed by atoms with Crippen molar-refractivity contribution in [3.8, 4) is 0 Å². The van der Waals surface area contributed by atoms with E-state index in [9.17, 15) is 14.9 Å². The summed E-state index contributed by atoms with van der Waals surface area (Å²) in [6, 6.07) is 9.04. The number of hydrogen-bond acceptors (Lipinski definition) is 7. The summed E-state index contributed by atoms with van der Waals surface area (Å²) >= 11 is 20.3. The molecule has 1 amide bonds. The molecule has 0 atom stereocenters. The molecule has 0 saturated carbocycles. The van der Waals surface area contributed by atoms with Gasteiger partial charge in [-0.25, -0.2) is 0 Å². The fourth-order valence-electron chi connectivity index (χ4n) is 2.06. The van der Waals surface area contributed by atoms with Gasteiger partial charge in [0.1, 0.15) is 5.02 Å². The standard InChI is InChI=1S/C16H9Cl3N4O3S2/c17-10-3-1-9(12(19)6-10)7-27-16-22-21-15(28-16)20-14(24)8-2-4-11(18)13(5-8)23(25)26/h1-6H,7H2,(H,20,21,24). The number of nitro groups is 1. The maximum absolute atomic E-state index is 12.3. The Morgan fingerprint density at radius 1 is 1.14 bits per heavy atom. The zero-order chi connectivity index (χ0) is 20.3. The number of carbonyl (C=O) groups is 1. The van der Waals surface area contributed by atoms with Gasteiger partial charge in [-0.2, -0.15) is 0 Å². The first-order valence-electron chi connectivity index (χ1n) is 7.49. The van der Waals surface area contributed by atoms with E-state index < -0.39 is 10.8 Å². The van der Waals surface area contributed by atoms with Crippen LogP contribution >= 0.6 is 57.9 Å². The number of anilines is 1. The summed E-state index contributed by atoms with van der Waals surface area (Å²) in [5.74, 6) is 0.00955. The van der Waals surface area contributed by atoms with Gasteiger partial charge in [0.05, 0.1) is 4.92 Å². The molecule has 3 rings (SSSR count). The van der Waals surface area contributed by atoms with Gasteiger partial charge < -0.3 is 0 Å². The molecule has 1 N–H and O–H groups in total. The molecule has 144 valence electrons. The van der Waals surface area contributed by atoms with Crippen molar-refractivity contribution in [1.82, 2.24) is 10.2 Å². The third-order valence-electron chi connectivity index (χ3n) is 3.40. The Morgan fingerprint density at radius 2 is 1.93 bits per heavy atom. The van der Waals surface area contributed by atoms with Crippen molar-refractivity contribution in [1.29, 1.82) is 0 Å². The molecule has 2 aromatic carbocycles. The number of benzene rings is 2. The third kappa shape index (κ3) is 5.12. The summed E-state index contributed by atoms with van der Waals surface area (Å²) in [7, 11) is 0. The summed E-state index contributed by atoms with van der Waals surface area (Å²) in [6.07, 6.45) is 0. The summed E-state index contributed by atoms with van der Waals surface area (Å²) in [5.41, 5.74) is 0.640. The second-order valence-corrected chi connectivity index (χ2v) is 8.73. The van der Waals surface area contributed by atoms with E-state index in [2.05, 4.69) is 15.5 Å². The third-order valence-corrected chi connectivity index (χ3v) is 6.33. The fourth-order valence-corrected chi connectivity index (χ4v) is 4.55. The first-order chi connectivity index (χ1) is 13.3. The number of nitro benzene ring substituents is 1. The Morgan fingerprint density at radius 3 is 2.64 bits per heavy atom. The molecule has 28 heavy (non-hydrogen) atoms. The summed E-state index contributed by atoms with van der Waals surface area (Å²) < 4.78 is 0.628. The molecule has 0 aliphatic rings. The molecule has 0 saturated heterocycles. The average molecular weight is 476 g/mol. The summed E-state index contributed by atoms with van der Waals surface area (Å²) in [5, 5.41) is 22.8. The molecule has 0 unspecified atom stereocenters. The first kappa shape index (κ1) is 20.8. The van der Waals surface area contributed by atoms with Gasteiger partial charge in [-0.05, 0) is 29.8 Å². The number of halogens is 3. The van der Waals surface area contributed by atoms with E-state index >= 15 is 0 Å². The highest BCUT2D eigenvalue weighted by molar-refractivity contribution is 8.00. The molecule has 0 aliphatic heterocycles. The van der Waals surface area contributed by atoms with Crippen molar-refractivity contribution < 1.29 is 9.72 Å². The number of nitrogens with zero attached hydrogens (tertiary/aromatic N) is 3. The van der Waals surface area contributed by atoms with E-state index in [-0.39, 0.29) is 21.4 Å². The lowest BCUT2D eigenvalue weighted by Gasteiger charge is -2.03. The number of thioether (sulfide) groups is 1. The van der Waals surface area contributed by atoms with Crippen LogP contribution in [0.25, 0.3) is 0 Å². The lowest BCUT2D eigenvalue weighted by atomic mass is 10.2. The second kappa shape index (κ2) is 9.06. The van der Waals surface area contributed by atoms with Crippen molar-refractivity contribution in [2.75, 3.05) is 5.32 Å². The van der Waals surface area contributed by atoms with E-state index in [4.69, 9.17) is 34.8 Å². The number of aromatic nitrogens is 2. The highest BCUT2D eigenvalue weighted by Crippen LogP contribution is 2.32. The van der Waals surface area contributed by atoms with Crippen LogP contribution in [0.5, 0.6) is 0 Å². The quantitative estimate of drug-likeness (QED) is 0.205. The molecule has 1 aromatic heterocycles. The molecule has 0 aliphatic carbocycles. The molecule has 3 aromatic rings. The Hall–Kier alpha value is -1.91. The number of amides is 1. The fraction of sp³-hybridized carbons (Fsp3) is 0.0625. The molecular weight excluding hydrogens is 467 g/mol. The zero-order valence-electron chi connectivity index (χ0n) is 13.7. The first-order valence-corrected chi connectivity index (χ1v) is 10.4. The van der Waals surface area contributed by atoms with Crippen LogP contribution < -0.4 is 5.32 Å². The van der Waals surface area contributed by atoms with Crippen molar-refractivity contribution >= 4 is 74.6 Å². The van der Waals surface area contributed by atoms with Crippen LogP contribution in [-0.2, 0) is 5.75 Å². The maximum Gasteiger partial charge on any atom is 0.288 e. The number of nitrogens with one attached hydrogen (secondary N) is 1. The highest BCUT2D eigenvalue weighted by Gasteiger charge is 2.17.